The fourth-order valence-corrected chi connectivity index (χ4v) is 2.40. The number of amides is 1. The van der Waals surface area contributed by atoms with Gasteiger partial charge in [0, 0.05) is 0 Å². The Bertz CT molecular complexity index is 436. The first-order valence-electron chi connectivity index (χ1n) is 6.32. The van der Waals surface area contributed by atoms with E-state index in [0.717, 1.165) is 12.2 Å². The summed E-state index contributed by atoms with van der Waals surface area (Å²) in [7, 11) is 0. The van der Waals surface area contributed by atoms with Gasteiger partial charge >= 0.3 is 5.97 Å². The van der Waals surface area contributed by atoms with Crippen LogP contribution in [0, 0.1) is 0 Å². The van der Waals surface area contributed by atoms with E-state index in [2.05, 4.69) is 5.32 Å². The van der Waals surface area contributed by atoms with Gasteiger partial charge in [-0.15, -0.1) is 0 Å². The van der Waals surface area contributed by atoms with Gasteiger partial charge in [0.2, 0.25) is 5.91 Å². The number of hydrogen-bond acceptors (Lipinski definition) is 4. The molecule has 0 unspecified atom stereocenters. The topological polar surface area (TPSA) is 86.6 Å². The number of aliphatic hydroxyl groups is 1. The Kier molecular flexibility index (Phi) is 7.11. The summed E-state index contributed by atoms with van der Waals surface area (Å²) in [6, 6.07) is 8.67. The number of carboxylic acid groups (broad SMARTS) is 1. The lowest BCUT2D eigenvalue weighted by atomic mass is 10.2. The van der Waals surface area contributed by atoms with Gasteiger partial charge < -0.3 is 15.5 Å². The van der Waals surface area contributed by atoms with E-state index in [1.807, 2.05) is 30.3 Å². The summed E-state index contributed by atoms with van der Waals surface area (Å²) in [6.07, 6.45) is -0.261. The molecule has 0 fully saturated rings. The number of aliphatic carboxylic acids is 1. The van der Waals surface area contributed by atoms with Crippen LogP contribution >= 0.6 is 11.8 Å². The largest absolute Gasteiger partial charge is 0.480 e. The molecule has 0 aliphatic rings. The van der Waals surface area contributed by atoms with Crippen molar-refractivity contribution < 1.29 is 19.8 Å². The smallest absolute Gasteiger partial charge is 0.328 e. The van der Waals surface area contributed by atoms with Crippen LogP contribution in [0.5, 0.6) is 0 Å². The second-order valence-electron chi connectivity index (χ2n) is 4.41. The highest BCUT2D eigenvalue weighted by atomic mass is 32.2. The molecule has 5 nitrogen and oxygen atoms in total. The minimum Gasteiger partial charge on any atom is -0.480 e. The number of aliphatic hydroxyl groups excluding tert-OH is 1. The third kappa shape index (κ3) is 6.08. The molecule has 110 valence electrons. The van der Waals surface area contributed by atoms with Crippen LogP contribution in [0.2, 0.25) is 0 Å². The second kappa shape index (κ2) is 8.60. The van der Waals surface area contributed by atoms with Gasteiger partial charge in [-0.05, 0) is 24.7 Å². The molecule has 0 radical (unpaired) electrons. The molecule has 0 spiro atoms. The lowest BCUT2D eigenvalue weighted by Gasteiger charge is -2.16. The Labute approximate surface area is 122 Å². The molecule has 0 heterocycles. The Morgan fingerprint density at radius 1 is 1.30 bits per heavy atom. The quantitative estimate of drug-likeness (QED) is 0.621. The van der Waals surface area contributed by atoms with E-state index in [4.69, 9.17) is 5.11 Å². The van der Waals surface area contributed by atoms with Crippen molar-refractivity contribution in [3.8, 4) is 0 Å². The molecular formula is C14H19NO4S. The Balaban J connectivity index is 2.24. The van der Waals surface area contributed by atoms with Gasteiger partial charge in [0.05, 0.1) is 11.9 Å². The molecule has 2 atom stereocenters. The van der Waals surface area contributed by atoms with Gasteiger partial charge in [-0.25, -0.2) is 4.79 Å². The summed E-state index contributed by atoms with van der Waals surface area (Å²) < 4.78 is 0. The van der Waals surface area contributed by atoms with Gasteiger partial charge in [-0.2, -0.15) is 11.8 Å². The van der Waals surface area contributed by atoms with Crippen molar-refractivity contribution >= 4 is 23.6 Å². The van der Waals surface area contributed by atoms with Crippen LogP contribution in [-0.4, -0.2) is 45.7 Å². The van der Waals surface area contributed by atoms with Crippen molar-refractivity contribution in [2.45, 2.75) is 25.5 Å². The first-order chi connectivity index (χ1) is 9.50. The van der Waals surface area contributed by atoms with Gasteiger partial charge in [-0.1, -0.05) is 30.3 Å². The van der Waals surface area contributed by atoms with Crippen molar-refractivity contribution in [3.05, 3.63) is 35.9 Å². The third-order valence-corrected chi connectivity index (χ3v) is 3.64. The summed E-state index contributed by atoms with van der Waals surface area (Å²) >= 11 is 1.44. The van der Waals surface area contributed by atoms with Gasteiger partial charge in [0.25, 0.3) is 0 Å². The molecule has 0 aliphatic heterocycles. The van der Waals surface area contributed by atoms with Crippen LogP contribution in [0.25, 0.3) is 0 Å². The SMILES string of the molecule is C[C@@H](O)[C@H](NC(=O)CSCCc1ccccc1)C(=O)O. The van der Waals surface area contributed by atoms with E-state index in [1.165, 1.54) is 24.2 Å². The summed E-state index contributed by atoms with van der Waals surface area (Å²) in [4.78, 5) is 22.4. The predicted octanol–water partition coefficient (Wildman–Crippen LogP) is 0.912. The van der Waals surface area contributed by atoms with Crippen LogP contribution in [0.1, 0.15) is 12.5 Å². The van der Waals surface area contributed by atoms with Gasteiger partial charge in [-0.3, -0.25) is 4.79 Å². The minimum atomic E-state index is -1.25. The molecule has 1 rings (SSSR count). The lowest BCUT2D eigenvalue weighted by Crippen LogP contribution is -2.48. The maximum atomic E-state index is 11.6. The van der Waals surface area contributed by atoms with Crippen molar-refractivity contribution in [1.82, 2.24) is 5.32 Å². The highest BCUT2D eigenvalue weighted by molar-refractivity contribution is 7.99. The summed E-state index contributed by atoms with van der Waals surface area (Å²) in [6.45, 7) is 1.33. The van der Waals surface area contributed by atoms with Gasteiger partial charge in [0.1, 0.15) is 0 Å². The first kappa shape index (κ1) is 16.5. The molecule has 1 amide bonds. The fourth-order valence-electron chi connectivity index (χ4n) is 1.60. The van der Waals surface area contributed by atoms with Crippen molar-refractivity contribution in [2.75, 3.05) is 11.5 Å². The van der Waals surface area contributed by atoms with Crippen LogP contribution in [0.15, 0.2) is 30.3 Å². The number of carboxylic acids is 1. The zero-order chi connectivity index (χ0) is 15.0. The first-order valence-corrected chi connectivity index (χ1v) is 7.48. The van der Waals surface area contributed by atoms with E-state index in [-0.39, 0.29) is 11.7 Å². The Hall–Kier alpha value is -1.53. The number of aryl methyl sites for hydroxylation is 1. The lowest BCUT2D eigenvalue weighted by molar-refractivity contribution is -0.144. The molecule has 3 N–H and O–H groups in total. The van der Waals surface area contributed by atoms with E-state index in [9.17, 15) is 14.7 Å². The van der Waals surface area contributed by atoms with Crippen LogP contribution in [0.3, 0.4) is 0 Å². The summed E-state index contributed by atoms with van der Waals surface area (Å²) in [5.41, 5.74) is 1.20. The number of carbonyl (C=O) groups is 2. The predicted molar refractivity (Wildman–Crippen MR) is 78.7 cm³/mol. The Morgan fingerprint density at radius 3 is 2.50 bits per heavy atom. The Morgan fingerprint density at radius 2 is 1.95 bits per heavy atom. The van der Waals surface area contributed by atoms with Crippen molar-refractivity contribution in [3.63, 3.8) is 0 Å². The van der Waals surface area contributed by atoms with E-state index in [0.29, 0.717) is 0 Å². The molecule has 0 saturated heterocycles. The van der Waals surface area contributed by atoms with Crippen LogP contribution in [0.4, 0.5) is 0 Å². The highest BCUT2D eigenvalue weighted by Crippen LogP contribution is 2.07. The standard InChI is InChI=1S/C14H19NO4S/c1-10(16)13(14(18)19)15-12(17)9-20-8-7-11-5-3-2-4-6-11/h2-6,10,13,16H,7-9H2,1H3,(H,15,17)(H,18,19)/t10-,13+/m1/s1. The van der Waals surface area contributed by atoms with Crippen molar-refractivity contribution in [2.24, 2.45) is 0 Å². The monoisotopic (exact) mass is 297 g/mol. The maximum absolute atomic E-state index is 11.6. The molecule has 0 bridgehead atoms. The number of nitrogens with one attached hydrogen (secondary N) is 1. The van der Waals surface area contributed by atoms with E-state index >= 15 is 0 Å². The third-order valence-electron chi connectivity index (χ3n) is 2.68. The minimum absolute atomic E-state index is 0.184. The highest BCUT2D eigenvalue weighted by Gasteiger charge is 2.24. The summed E-state index contributed by atoms with van der Waals surface area (Å²) in [5, 5.41) is 20.4. The molecule has 20 heavy (non-hydrogen) atoms. The number of benzene rings is 1. The zero-order valence-corrected chi connectivity index (χ0v) is 12.1. The number of carbonyl (C=O) groups excluding carboxylic acids is 1. The van der Waals surface area contributed by atoms with Gasteiger partial charge in [0.15, 0.2) is 6.04 Å². The molecular weight excluding hydrogens is 278 g/mol. The molecule has 1 aromatic rings. The fraction of sp³-hybridized carbons (Fsp3) is 0.429. The van der Waals surface area contributed by atoms with Crippen LogP contribution < -0.4 is 5.32 Å². The maximum Gasteiger partial charge on any atom is 0.328 e. The molecule has 0 aliphatic carbocycles. The molecule has 6 heteroatoms. The normalized spacial score (nSPS) is 13.5. The number of hydrogen-bond donors (Lipinski definition) is 3. The van der Waals surface area contributed by atoms with Crippen molar-refractivity contribution in [1.29, 1.82) is 0 Å². The average molecular weight is 297 g/mol. The molecule has 1 aromatic carbocycles. The van der Waals surface area contributed by atoms with Crippen LogP contribution in [-0.2, 0) is 16.0 Å². The van der Waals surface area contributed by atoms with E-state index in [1.54, 1.807) is 0 Å². The van der Waals surface area contributed by atoms with E-state index < -0.39 is 18.1 Å². The summed E-state index contributed by atoms with van der Waals surface area (Å²) in [5.74, 6) is -0.647. The molecule has 0 saturated carbocycles. The zero-order valence-electron chi connectivity index (χ0n) is 11.3. The number of rotatable bonds is 8. The second-order valence-corrected chi connectivity index (χ2v) is 5.52. The average Bonchev–Trinajstić information content (AvgIpc) is 2.41. The number of thioether (sulfide) groups is 1. The molecule has 0 aromatic heterocycles.